The summed E-state index contributed by atoms with van der Waals surface area (Å²) in [5, 5.41) is 13.2. The highest BCUT2D eigenvalue weighted by molar-refractivity contribution is 5.93. The lowest BCUT2D eigenvalue weighted by Gasteiger charge is -2.40. The third-order valence-electron chi connectivity index (χ3n) is 3.90. The molecule has 1 heterocycles. The first-order chi connectivity index (χ1) is 8.40. The Morgan fingerprint density at radius 3 is 2.61 bits per heavy atom. The molecule has 1 fully saturated rings. The molecule has 0 bridgehead atoms. The van der Waals surface area contributed by atoms with Gasteiger partial charge in [0.05, 0.1) is 17.4 Å². The Balaban J connectivity index is 1.85. The molecule has 1 aromatic rings. The van der Waals surface area contributed by atoms with Crippen molar-refractivity contribution in [2.45, 2.75) is 45.1 Å². The van der Waals surface area contributed by atoms with E-state index in [1.807, 2.05) is 0 Å². The van der Waals surface area contributed by atoms with E-state index >= 15 is 0 Å². The van der Waals surface area contributed by atoms with E-state index in [1.54, 1.807) is 6.07 Å². The van der Waals surface area contributed by atoms with Gasteiger partial charge in [-0.25, -0.2) is 0 Å². The minimum absolute atomic E-state index is 0.193. The highest BCUT2D eigenvalue weighted by atomic mass is 16.3. The molecule has 0 spiro atoms. The van der Waals surface area contributed by atoms with Gasteiger partial charge in [-0.1, -0.05) is 13.8 Å². The van der Waals surface area contributed by atoms with Crippen LogP contribution in [0.3, 0.4) is 0 Å². The number of hydrogen-bond acceptors (Lipinski definition) is 3. The van der Waals surface area contributed by atoms with Crippen molar-refractivity contribution < 1.29 is 14.3 Å². The van der Waals surface area contributed by atoms with E-state index in [2.05, 4.69) is 19.2 Å². The van der Waals surface area contributed by atoms with Gasteiger partial charge in [0, 0.05) is 6.54 Å². The van der Waals surface area contributed by atoms with Crippen molar-refractivity contribution >= 4 is 5.91 Å². The van der Waals surface area contributed by atoms with Gasteiger partial charge in [-0.05, 0) is 37.2 Å². The summed E-state index contributed by atoms with van der Waals surface area (Å²) < 4.78 is 4.86. The van der Waals surface area contributed by atoms with Crippen LogP contribution in [0.25, 0.3) is 0 Å². The van der Waals surface area contributed by atoms with E-state index in [0.717, 1.165) is 25.7 Å². The molecule has 0 aliphatic heterocycles. The predicted octanol–water partition coefficient (Wildman–Crippen LogP) is 2.34. The molecule has 1 amide bonds. The zero-order chi connectivity index (χ0) is 13.2. The Morgan fingerprint density at radius 2 is 2.06 bits per heavy atom. The summed E-state index contributed by atoms with van der Waals surface area (Å²) in [5.74, 6) is -0.193. The van der Waals surface area contributed by atoms with Crippen molar-refractivity contribution in [3.05, 3.63) is 24.2 Å². The SMILES string of the molecule is CC1(C)CCC(O)(CNC(=O)c2ccoc2)CC1. The molecule has 0 aromatic carbocycles. The van der Waals surface area contributed by atoms with Crippen LogP contribution < -0.4 is 5.32 Å². The van der Waals surface area contributed by atoms with Crippen molar-refractivity contribution in [3.63, 3.8) is 0 Å². The third-order valence-corrected chi connectivity index (χ3v) is 3.90. The van der Waals surface area contributed by atoms with E-state index in [4.69, 9.17) is 4.42 Å². The maximum absolute atomic E-state index is 11.7. The molecule has 18 heavy (non-hydrogen) atoms. The molecule has 0 radical (unpaired) electrons. The topological polar surface area (TPSA) is 62.5 Å². The highest BCUT2D eigenvalue weighted by Gasteiger charge is 2.36. The number of rotatable bonds is 3. The van der Waals surface area contributed by atoms with Crippen molar-refractivity contribution in [2.75, 3.05) is 6.54 Å². The largest absolute Gasteiger partial charge is 0.472 e. The van der Waals surface area contributed by atoms with Crippen LogP contribution in [0.2, 0.25) is 0 Å². The summed E-state index contributed by atoms with van der Waals surface area (Å²) in [5.41, 5.74) is 0.0464. The molecular weight excluding hydrogens is 230 g/mol. The van der Waals surface area contributed by atoms with Crippen molar-refractivity contribution in [1.29, 1.82) is 0 Å². The molecule has 0 saturated heterocycles. The second kappa shape index (κ2) is 4.76. The predicted molar refractivity (Wildman–Crippen MR) is 68.2 cm³/mol. The van der Waals surface area contributed by atoms with Gasteiger partial charge < -0.3 is 14.8 Å². The van der Waals surface area contributed by atoms with Crippen molar-refractivity contribution in [1.82, 2.24) is 5.32 Å². The maximum atomic E-state index is 11.7. The Bertz CT molecular complexity index is 399. The minimum Gasteiger partial charge on any atom is -0.472 e. The fraction of sp³-hybridized carbons (Fsp3) is 0.643. The maximum Gasteiger partial charge on any atom is 0.254 e. The second-order valence-electron chi connectivity index (χ2n) is 6.08. The number of carbonyl (C=O) groups excluding carboxylic acids is 1. The Labute approximate surface area is 107 Å². The van der Waals surface area contributed by atoms with Gasteiger partial charge in [0.1, 0.15) is 6.26 Å². The molecule has 1 saturated carbocycles. The molecular formula is C14H21NO3. The van der Waals surface area contributed by atoms with Crippen LogP contribution in [0.1, 0.15) is 49.9 Å². The van der Waals surface area contributed by atoms with E-state index in [1.165, 1.54) is 12.5 Å². The number of furan rings is 1. The van der Waals surface area contributed by atoms with Gasteiger partial charge in [-0.3, -0.25) is 4.79 Å². The number of amides is 1. The van der Waals surface area contributed by atoms with Crippen LogP contribution in [-0.2, 0) is 0 Å². The molecule has 4 nitrogen and oxygen atoms in total. The van der Waals surface area contributed by atoms with Gasteiger partial charge >= 0.3 is 0 Å². The first kappa shape index (κ1) is 13.1. The monoisotopic (exact) mass is 251 g/mol. The molecule has 2 rings (SSSR count). The average molecular weight is 251 g/mol. The molecule has 1 aromatic heterocycles. The minimum atomic E-state index is -0.755. The van der Waals surface area contributed by atoms with E-state index in [9.17, 15) is 9.90 Å². The quantitative estimate of drug-likeness (QED) is 0.866. The first-order valence-corrected chi connectivity index (χ1v) is 6.43. The Hall–Kier alpha value is -1.29. The summed E-state index contributed by atoms with van der Waals surface area (Å²) >= 11 is 0. The summed E-state index contributed by atoms with van der Waals surface area (Å²) in [6.45, 7) is 4.75. The van der Waals surface area contributed by atoms with Crippen LogP contribution in [0, 0.1) is 5.41 Å². The van der Waals surface area contributed by atoms with Gasteiger partial charge in [0.15, 0.2) is 0 Å². The molecule has 0 atom stereocenters. The highest BCUT2D eigenvalue weighted by Crippen LogP contribution is 2.39. The summed E-state index contributed by atoms with van der Waals surface area (Å²) in [6.07, 6.45) is 6.34. The molecule has 1 aliphatic carbocycles. The van der Waals surface area contributed by atoms with Gasteiger partial charge in [0.2, 0.25) is 0 Å². The number of carbonyl (C=O) groups is 1. The molecule has 2 N–H and O–H groups in total. The van der Waals surface area contributed by atoms with Gasteiger partial charge in [-0.2, -0.15) is 0 Å². The molecule has 100 valence electrons. The fourth-order valence-electron chi connectivity index (χ4n) is 2.31. The standard InChI is InChI=1S/C14H21NO3/c1-13(2)4-6-14(17,7-5-13)10-15-12(16)11-3-8-18-9-11/h3,8-9,17H,4-7,10H2,1-2H3,(H,15,16). The summed E-state index contributed by atoms with van der Waals surface area (Å²) in [7, 11) is 0. The lowest BCUT2D eigenvalue weighted by Crippen LogP contribution is -2.46. The average Bonchev–Trinajstić information content (AvgIpc) is 2.85. The van der Waals surface area contributed by atoms with Crippen LogP contribution in [-0.4, -0.2) is 23.2 Å². The fourth-order valence-corrected chi connectivity index (χ4v) is 2.31. The van der Waals surface area contributed by atoms with Crippen molar-refractivity contribution in [2.24, 2.45) is 5.41 Å². The summed E-state index contributed by atoms with van der Waals surface area (Å²) in [6, 6.07) is 1.61. The van der Waals surface area contributed by atoms with E-state index in [-0.39, 0.29) is 5.91 Å². The normalized spacial score (nSPS) is 21.5. The molecule has 4 heteroatoms. The number of hydrogen-bond donors (Lipinski definition) is 2. The molecule has 0 unspecified atom stereocenters. The summed E-state index contributed by atoms with van der Waals surface area (Å²) in [4.78, 5) is 11.7. The van der Waals surface area contributed by atoms with Gasteiger partial charge in [-0.15, -0.1) is 0 Å². The first-order valence-electron chi connectivity index (χ1n) is 6.43. The zero-order valence-electron chi connectivity index (χ0n) is 11.0. The van der Waals surface area contributed by atoms with Crippen molar-refractivity contribution in [3.8, 4) is 0 Å². The smallest absolute Gasteiger partial charge is 0.254 e. The van der Waals surface area contributed by atoms with Crippen LogP contribution >= 0.6 is 0 Å². The van der Waals surface area contributed by atoms with Crippen LogP contribution in [0.4, 0.5) is 0 Å². The van der Waals surface area contributed by atoms with Crippen LogP contribution in [0.5, 0.6) is 0 Å². The lowest BCUT2D eigenvalue weighted by molar-refractivity contribution is -0.0233. The number of nitrogens with one attached hydrogen (secondary N) is 1. The zero-order valence-corrected chi connectivity index (χ0v) is 11.0. The van der Waals surface area contributed by atoms with E-state index in [0.29, 0.717) is 17.5 Å². The Morgan fingerprint density at radius 1 is 1.39 bits per heavy atom. The number of aliphatic hydroxyl groups is 1. The van der Waals surface area contributed by atoms with E-state index < -0.39 is 5.60 Å². The lowest BCUT2D eigenvalue weighted by atomic mass is 9.71. The second-order valence-corrected chi connectivity index (χ2v) is 6.08. The molecule has 1 aliphatic rings. The van der Waals surface area contributed by atoms with Gasteiger partial charge in [0.25, 0.3) is 5.91 Å². The third kappa shape index (κ3) is 3.13. The Kier molecular flexibility index (Phi) is 3.48. The van der Waals surface area contributed by atoms with Crippen LogP contribution in [0.15, 0.2) is 23.0 Å².